The van der Waals surface area contributed by atoms with Gasteiger partial charge in [0, 0.05) is 25.6 Å². The standard InChI is InChI=1S/C23H31N5O5S/c1-15-22(28-33)34-23(25-15)27-21(32)18-12-11-17(14-19(18)26-16(2)29)24-13-9-7-5-3-4-6-8-10-20(30)31/h11-12,14,24H,3-10,13H2,1-2H3,(H,26,29)(H,30,31)(H,25,27,32). The molecule has 0 bridgehead atoms. The number of nitrogens with one attached hydrogen (secondary N) is 3. The van der Waals surface area contributed by atoms with Crippen molar-refractivity contribution in [3.05, 3.63) is 34.4 Å². The van der Waals surface area contributed by atoms with Gasteiger partial charge in [-0.15, -0.1) is 4.91 Å². The maximum absolute atomic E-state index is 12.7. The summed E-state index contributed by atoms with van der Waals surface area (Å²) in [6, 6.07) is 5.11. The molecular formula is C23H31N5O5S. The van der Waals surface area contributed by atoms with Crippen LogP contribution in [0, 0.1) is 11.8 Å². The molecule has 0 saturated heterocycles. The molecular weight excluding hydrogens is 458 g/mol. The van der Waals surface area contributed by atoms with Gasteiger partial charge in [0.05, 0.1) is 16.9 Å². The second-order valence-corrected chi connectivity index (χ2v) is 8.92. The van der Waals surface area contributed by atoms with Gasteiger partial charge in [0.25, 0.3) is 5.91 Å². The molecule has 1 heterocycles. The first-order valence-electron chi connectivity index (χ1n) is 11.3. The molecule has 4 N–H and O–H groups in total. The van der Waals surface area contributed by atoms with Gasteiger partial charge in [-0.1, -0.05) is 43.4 Å². The van der Waals surface area contributed by atoms with Crippen LogP contribution < -0.4 is 16.0 Å². The normalized spacial score (nSPS) is 10.5. The van der Waals surface area contributed by atoms with Gasteiger partial charge in [-0.3, -0.25) is 19.7 Å². The lowest BCUT2D eigenvalue weighted by Crippen LogP contribution is -2.17. The minimum Gasteiger partial charge on any atom is -0.481 e. The van der Waals surface area contributed by atoms with E-state index in [4.69, 9.17) is 5.11 Å². The number of carboxylic acids is 1. The highest BCUT2D eigenvalue weighted by Gasteiger charge is 2.16. The molecule has 0 fully saturated rings. The van der Waals surface area contributed by atoms with E-state index in [0.29, 0.717) is 11.4 Å². The highest BCUT2D eigenvalue weighted by atomic mass is 32.1. The van der Waals surface area contributed by atoms with Crippen molar-refractivity contribution in [1.29, 1.82) is 0 Å². The predicted octanol–water partition coefficient (Wildman–Crippen LogP) is 5.68. The van der Waals surface area contributed by atoms with Crippen LogP contribution in [-0.2, 0) is 9.59 Å². The van der Waals surface area contributed by atoms with Crippen LogP contribution in [0.15, 0.2) is 23.4 Å². The largest absolute Gasteiger partial charge is 0.481 e. The Kier molecular flexibility index (Phi) is 11.1. The first-order chi connectivity index (χ1) is 16.3. The van der Waals surface area contributed by atoms with Crippen LogP contribution in [0.1, 0.15) is 74.3 Å². The number of benzene rings is 1. The van der Waals surface area contributed by atoms with E-state index in [1.165, 1.54) is 6.92 Å². The number of carbonyl (C=O) groups is 3. The second kappa shape index (κ2) is 14.0. The smallest absolute Gasteiger partial charge is 0.303 e. The van der Waals surface area contributed by atoms with Crippen molar-refractivity contribution < 1.29 is 19.5 Å². The molecule has 0 aliphatic carbocycles. The molecule has 10 nitrogen and oxygen atoms in total. The number of hydrogen-bond acceptors (Lipinski definition) is 8. The number of thiazole rings is 1. The van der Waals surface area contributed by atoms with Crippen LogP contribution in [-0.4, -0.2) is 34.4 Å². The summed E-state index contributed by atoms with van der Waals surface area (Å²) in [6.45, 7) is 3.76. The molecule has 184 valence electrons. The number of unbranched alkanes of at least 4 members (excludes halogenated alkanes) is 6. The number of aromatic nitrogens is 1. The molecule has 11 heteroatoms. The number of carboxylic acid groups (broad SMARTS) is 1. The number of nitroso groups, excluding NO2 is 1. The van der Waals surface area contributed by atoms with E-state index in [-0.39, 0.29) is 28.0 Å². The summed E-state index contributed by atoms with van der Waals surface area (Å²) >= 11 is 0.984. The van der Waals surface area contributed by atoms with Crippen LogP contribution in [0.5, 0.6) is 0 Å². The van der Waals surface area contributed by atoms with Gasteiger partial charge in [0.15, 0.2) is 10.1 Å². The van der Waals surface area contributed by atoms with Gasteiger partial charge in [-0.05, 0) is 43.1 Å². The van der Waals surface area contributed by atoms with Gasteiger partial charge in [0.2, 0.25) is 5.91 Å². The van der Waals surface area contributed by atoms with Crippen molar-refractivity contribution in [2.75, 3.05) is 22.5 Å². The van der Waals surface area contributed by atoms with E-state index < -0.39 is 11.9 Å². The van der Waals surface area contributed by atoms with Crippen LogP contribution >= 0.6 is 11.3 Å². The monoisotopic (exact) mass is 489 g/mol. The fourth-order valence-corrected chi connectivity index (χ4v) is 4.09. The zero-order valence-electron chi connectivity index (χ0n) is 19.5. The quantitative estimate of drug-likeness (QED) is 0.186. The minimum absolute atomic E-state index is 0.204. The highest BCUT2D eigenvalue weighted by molar-refractivity contribution is 7.19. The van der Waals surface area contributed by atoms with Gasteiger partial charge < -0.3 is 15.7 Å². The van der Waals surface area contributed by atoms with Crippen LogP contribution in [0.4, 0.5) is 21.5 Å². The molecule has 34 heavy (non-hydrogen) atoms. The number of rotatable bonds is 15. The lowest BCUT2D eigenvalue weighted by Gasteiger charge is -2.13. The summed E-state index contributed by atoms with van der Waals surface area (Å²) in [5, 5.41) is 20.6. The fraction of sp³-hybridized carbons (Fsp3) is 0.478. The first kappa shape index (κ1) is 26.9. The summed E-state index contributed by atoms with van der Waals surface area (Å²) in [6.07, 6.45) is 7.22. The molecule has 0 atom stereocenters. The number of hydrogen-bond donors (Lipinski definition) is 4. The number of nitrogens with zero attached hydrogens (tertiary/aromatic N) is 2. The lowest BCUT2D eigenvalue weighted by molar-refractivity contribution is -0.137. The molecule has 1 aromatic heterocycles. The third-order valence-electron chi connectivity index (χ3n) is 5.05. The third kappa shape index (κ3) is 9.26. The summed E-state index contributed by atoms with van der Waals surface area (Å²) in [5.41, 5.74) is 1.87. The Bertz CT molecular complexity index is 1010. The maximum Gasteiger partial charge on any atom is 0.303 e. The molecule has 2 amide bonds. The molecule has 0 spiro atoms. The Morgan fingerprint density at radius 2 is 1.71 bits per heavy atom. The molecule has 2 aromatic rings. The first-order valence-corrected chi connectivity index (χ1v) is 12.1. The Balaban J connectivity index is 1.84. The van der Waals surface area contributed by atoms with Crippen molar-refractivity contribution >= 4 is 50.6 Å². The van der Waals surface area contributed by atoms with E-state index in [0.717, 1.165) is 68.5 Å². The van der Waals surface area contributed by atoms with Crippen molar-refractivity contribution in [3.8, 4) is 0 Å². The zero-order valence-corrected chi connectivity index (χ0v) is 20.3. The van der Waals surface area contributed by atoms with Crippen LogP contribution in [0.3, 0.4) is 0 Å². The van der Waals surface area contributed by atoms with Crippen LogP contribution in [0.2, 0.25) is 0 Å². The summed E-state index contributed by atoms with van der Waals surface area (Å²) in [4.78, 5) is 49.8. The molecule has 0 radical (unpaired) electrons. The van der Waals surface area contributed by atoms with Gasteiger partial charge >= 0.3 is 5.97 Å². The molecule has 0 saturated carbocycles. The van der Waals surface area contributed by atoms with Gasteiger partial charge in [-0.2, -0.15) is 0 Å². The summed E-state index contributed by atoms with van der Waals surface area (Å²) in [7, 11) is 0. The highest BCUT2D eigenvalue weighted by Crippen LogP contribution is 2.31. The van der Waals surface area contributed by atoms with Crippen molar-refractivity contribution in [2.45, 2.75) is 65.2 Å². The number of aryl methyl sites for hydroxylation is 1. The zero-order chi connectivity index (χ0) is 24.9. The van der Waals surface area contributed by atoms with Crippen molar-refractivity contribution in [3.63, 3.8) is 0 Å². The SMILES string of the molecule is CC(=O)Nc1cc(NCCCCCCCCCC(=O)O)ccc1C(=O)Nc1nc(C)c(N=O)s1. The number of amides is 2. The molecule has 0 aliphatic heterocycles. The minimum atomic E-state index is -0.735. The Morgan fingerprint density at radius 3 is 2.32 bits per heavy atom. The molecule has 0 aliphatic rings. The summed E-state index contributed by atoms with van der Waals surface area (Å²) < 4.78 is 0. The van der Waals surface area contributed by atoms with Gasteiger partial charge in [0.1, 0.15) is 0 Å². The van der Waals surface area contributed by atoms with E-state index in [2.05, 4.69) is 26.1 Å². The van der Waals surface area contributed by atoms with E-state index >= 15 is 0 Å². The predicted molar refractivity (Wildman–Crippen MR) is 134 cm³/mol. The second-order valence-electron chi connectivity index (χ2n) is 7.94. The van der Waals surface area contributed by atoms with Crippen LogP contribution in [0.25, 0.3) is 0 Å². The van der Waals surface area contributed by atoms with E-state index in [9.17, 15) is 19.3 Å². The Morgan fingerprint density at radius 1 is 1.03 bits per heavy atom. The summed E-state index contributed by atoms with van der Waals surface area (Å²) in [5.74, 6) is -1.49. The van der Waals surface area contributed by atoms with E-state index in [1.807, 2.05) is 0 Å². The van der Waals surface area contributed by atoms with Crippen molar-refractivity contribution in [2.24, 2.45) is 5.18 Å². The third-order valence-corrected chi connectivity index (χ3v) is 6.00. The molecule has 0 unspecified atom stereocenters. The maximum atomic E-state index is 12.7. The molecule has 1 aromatic carbocycles. The lowest BCUT2D eigenvalue weighted by atomic mass is 10.1. The number of carbonyl (C=O) groups excluding carboxylic acids is 2. The Hall–Kier alpha value is -3.34. The average Bonchev–Trinajstić information content (AvgIpc) is 3.13. The molecule has 2 rings (SSSR count). The van der Waals surface area contributed by atoms with E-state index in [1.54, 1.807) is 25.1 Å². The average molecular weight is 490 g/mol. The van der Waals surface area contributed by atoms with Gasteiger partial charge in [-0.25, -0.2) is 4.98 Å². The topological polar surface area (TPSA) is 150 Å². The fourth-order valence-electron chi connectivity index (χ4n) is 3.35. The number of aliphatic carboxylic acids is 1. The Labute approximate surface area is 202 Å². The van der Waals surface area contributed by atoms with Crippen molar-refractivity contribution in [1.82, 2.24) is 4.98 Å². The number of anilines is 3.